The Morgan fingerprint density at radius 1 is 0.763 bits per heavy atom. The number of rotatable bonds is 7. The van der Waals surface area contributed by atoms with Crippen molar-refractivity contribution >= 4 is 40.9 Å². The number of esters is 1. The summed E-state index contributed by atoms with van der Waals surface area (Å²) in [6.07, 6.45) is -1.25. The number of anilines is 1. The summed E-state index contributed by atoms with van der Waals surface area (Å²) in [7, 11) is 1.52. The number of hydrogen-bond acceptors (Lipinski definition) is 6. The number of ketones is 1. The highest BCUT2D eigenvalue weighted by atomic mass is 35.5. The lowest BCUT2D eigenvalue weighted by Gasteiger charge is -2.18. The van der Waals surface area contributed by atoms with Crippen LogP contribution in [0.1, 0.15) is 53.1 Å². The van der Waals surface area contributed by atoms with Crippen LogP contribution in [-0.2, 0) is 4.74 Å². The van der Waals surface area contributed by atoms with Crippen LogP contribution in [0, 0.1) is 0 Å². The van der Waals surface area contributed by atoms with Crippen molar-refractivity contribution in [3.8, 4) is 5.75 Å². The average molecular weight is 526 g/mol. The standard InChI is InChI=1S/C30H20ClNO6/c1-37-23-14-12-22(13-15-23)32-28(34)24-16-9-20(17-25(24)29(32)35)30(36)38-27(19-7-10-21(31)11-8-19)26(33)18-5-3-2-4-6-18/h2-17,27H,1H3/t27-/m0/s1. The molecule has 1 heterocycles. The zero-order valence-corrected chi connectivity index (χ0v) is 20.8. The highest BCUT2D eigenvalue weighted by Crippen LogP contribution is 2.31. The molecule has 188 valence electrons. The first-order valence-corrected chi connectivity index (χ1v) is 12.0. The molecule has 8 heteroatoms. The van der Waals surface area contributed by atoms with Crippen LogP contribution in [0.5, 0.6) is 5.75 Å². The third-order valence-electron chi connectivity index (χ3n) is 6.15. The van der Waals surface area contributed by atoms with Crippen LogP contribution in [0.3, 0.4) is 0 Å². The van der Waals surface area contributed by atoms with Crippen molar-refractivity contribution < 1.29 is 28.7 Å². The van der Waals surface area contributed by atoms with E-state index in [0.29, 0.717) is 27.6 Å². The summed E-state index contributed by atoms with van der Waals surface area (Å²) in [5, 5.41) is 0.467. The summed E-state index contributed by atoms with van der Waals surface area (Å²) >= 11 is 6.00. The van der Waals surface area contributed by atoms with Gasteiger partial charge in [0.15, 0.2) is 6.10 Å². The van der Waals surface area contributed by atoms with Gasteiger partial charge in [-0.3, -0.25) is 14.4 Å². The number of halogens is 1. The molecule has 7 nitrogen and oxygen atoms in total. The molecule has 0 saturated heterocycles. The number of imide groups is 1. The second kappa shape index (κ2) is 10.3. The fourth-order valence-electron chi connectivity index (χ4n) is 4.17. The van der Waals surface area contributed by atoms with E-state index in [1.54, 1.807) is 78.9 Å². The van der Waals surface area contributed by atoms with E-state index in [1.165, 1.54) is 25.3 Å². The second-order valence-electron chi connectivity index (χ2n) is 8.47. The Bertz CT molecular complexity index is 1550. The summed E-state index contributed by atoms with van der Waals surface area (Å²) in [6, 6.07) is 25.5. The first-order chi connectivity index (χ1) is 18.4. The molecular weight excluding hydrogens is 506 g/mol. The summed E-state index contributed by atoms with van der Waals surface area (Å²) in [5.74, 6) is -1.73. The molecule has 0 bridgehead atoms. The van der Waals surface area contributed by atoms with Gasteiger partial charge in [-0.2, -0.15) is 0 Å². The molecule has 4 aromatic carbocycles. The predicted molar refractivity (Wildman–Crippen MR) is 141 cm³/mol. The maximum atomic E-state index is 13.3. The lowest BCUT2D eigenvalue weighted by Crippen LogP contribution is -2.29. The van der Waals surface area contributed by atoms with Crippen molar-refractivity contribution in [2.24, 2.45) is 0 Å². The van der Waals surface area contributed by atoms with Crippen molar-refractivity contribution in [3.63, 3.8) is 0 Å². The van der Waals surface area contributed by atoms with Gasteiger partial charge in [0.25, 0.3) is 11.8 Å². The maximum Gasteiger partial charge on any atom is 0.339 e. The third-order valence-corrected chi connectivity index (χ3v) is 6.40. The zero-order chi connectivity index (χ0) is 26.8. The number of amides is 2. The minimum absolute atomic E-state index is 0.0290. The second-order valence-corrected chi connectivity index (χ2v) is 8.91. The van der Waals surface area contributed by atoms with Gasteiger partial charge in [0.2, 0.25) is 5.78 Å². The minimum atomic E-state index is -1.25. The van der Waals surface area contributed by atoms with Crippen molar-refractivity contribution in [3.05, 3.63) is 130 Å². The Hall–Kier alpha value is -4.75. The first-order valence-electron chi connectivity index (χ1n) is 11.6. The van der Waals surface area contributed by atoms with E-state index in [0.717, 1.165) is 4.90 Å². The molecule has 1 aliphatic rings. The number of ether oxygens (including phenoxy) is 2. The van der Waals surface area contributed by atoms with Gasteiger partial charge in [0.05, 0.1) is 29.5 Å². The fourth-order valence-corrected chi connectivity index (χ4v) is 4.30. The van der Waals surface area contributed by atoms with Crippen LogP contribution in [0.2, 0.25) is 5.02 Å². The number of methoxy groups -OCH3 is 1. The molecule has 38 heavy (non-hydrogen) atoms. The molecule has 2 amide bonds. The molecule has 1 atom stereocenters. The lowest BCUT2D eigenvalue weighted by molar-refractivity contribution is 0.0280. The largest absolute Gasteiger partial charge is 0.497 e. The molecule has 0 aliphatic carbocycles. The Morgan fingerprint density at radius 3 is 2.08 bits per heavy atom. The van der Waals surface area contributed by atoms with E-state index < -0.39 is 29.7 Å². The highest BCUT2D eigenvalue weighted by Gasteiger charge is 2.37. The van der Waals surface area contributed by atoms with Gasteiger partial charge in [-0.15, -0.1) is 0 Å². The van der Waals surface area contributed by atoms with E-state index in [4.69, 9.17) is 21.1 Å². The van der Waals surface area contributed by atoms with E-state index >= 15 is 0 Å². The van der Waals surface area contributed by atoms with Gasteiger partial charge >= 0.3 is 5.97 Å². The lowest BCUT2D eigenvalue weighted by atomic mass is 9.99. The minimum Gasteiger partial charge on any atom is -0.497 e. The van der Waals surface area contributed by atoms with Crippen LogP contribution in [0.4, 0.5) is 5.69 Å². The van der Waals surface area contributed by atoms with Crippen molar-refractivity contribution in [1.82, 2.24) is 0 Å². The van der Waals surface area contributed by atoms with Crippen molar-refractivity contribution in [1.29, 1.82) is 0 Å². The molecule has 1 aliphatic heterocycles. The molecule has 5 rings (SSSR count). The molecule has 0 fully saturated rings. The van der Waals surface area contributed by atoms with Crippen molar-refractivity contribution in [2.75, 3.05) is 12.0 Å². The van der Waals surface area contributed by atoms with E-state index in [1.807, 2.05) is 0 Å². The van der Waals surface area contributed by atoms with E-state index in [-0.39, 0.29) is 16.7 Å². The predicted octanol–water partition coefficient (Wildman–Crippen LogP) is 5.93. The van der Waals surface area contributed by atoms with Crippen molar-refractivity contribution in [2.45, 2.75) is 6.10 Å². The molecule has 0 aromatic heterocycles. The summed E-state index contributed by atoms with van der Waals surface area (Å²) < 4.78 is 10.8. The van der Waals surface area contributed by atoms with Gasteiger partial charge < -0.3 is 9.47 Å². The number of nitrogens with zero attached hydrogens (tertiary/aromatic N) is 1. The number of Topliss-reactive ketones (excluding diaryl/α,β-unsaturated/α-hetero) is 1. The summed E-state index contributed by atoms with van der Waals surface area (Å²) in [4.78, 5) is 53.7. The van der Waals surface area contributed by atoms with Crippen LogP contribution < -0.4 is 9.64 Å². The molecule has 4 aromatic rings. The van der Waals surface area contributed by atoms with Gasteiger partial charge in [0.1, 0.15) is 5.75 Å². The SMILES string of the molecule is COc1ccc(N2C(=O)c3ccc(C(=O)O[C@H](C(=O)c4ccccc4)c4ccc(Cl)cc4)cc3C2=O)cc1. The number of carbonyl (C=O) groups excluding carboxylic acids is 4. The average Bonchev–Trinajstić information content (AvgIpc) is 3.21. The molecule has 0 spiro atoms. The van der Waals surface area contributed by atoms with Crippen LogP contribution in [0.15, 0.2) is 97.1 Å². The molecule has 0 saturated carbocycles. The Morgan fingerprint density at radius 2 is 1.42 bits per heavy atom. The normalized spacial score (nSPS) is 13.2. The van der Waals surface area contributed by atoms with Crippen LogP contribution >= 0.6 is 11.6 Å². The smallest absolute Gasteiger partial charge is 0.339 e. The molecular formula is C30H20ClNO6. The van der Waals surface area contributed by atoms with Gasteiger partial charge in [-0.05, 0) is 54.6 Å². The van der Waals surface area contributed by atoms with Gasteiger partial charge in [-0.25, -0.2) is 9.69 Å². The Labute approximate surface area is 223 Å². The highest BCUT2D eigenvalue weighted by molar-refractivity contribution is 6.34. The molecule has 0 N–H and O–H groups in total. The van der Waals surface area contributed by atoms with Gasteiger partial charge in [-0.1, -0.05) is 54.1 Å². The van der Waals surface area contributed by atoms with E-state index in [2.05, 4.69) is 0 Å². The number of fused-ring (bicyclic) bond motifs is 1. The monoisotopic (exact) mass is 525 g/mol. The van der Waals surface area contributed by atoms with E-state index in [9.17, 15) is 19.2 Å². The topological polar surface area (TPSA) is 90.0 Å². The maximum absolute atomic E-state index is 13.3. The fraction of sp³-hybridized carbons (Fsp3) is 0.0667. The molecule has 0 radical (unpaired) electrons. The zero-order valence-electron chi connectivity index (χ0n) is 20.1. The van der Waals surface area contributed by atoms with Gasteiger partial charge in [0, 0.05) is 16.1 Å². The summed E-state index contributed by atoms with van der Waals surface area (Å²) in [6.45, 7) is 0. The summed E-state index contributed by atoms with van der Waals surface area (Å²) in [5.41, 5.74) is 1.44. The van der Waals surface area contributed by atoms with Crippen LogP contribution in [-0.4, -0.2) is 30.7 Å². The number of carbonyl (C=O) groups is 4. The molecule has 0 unspecified atom stereocenters. The number of benzene rings is 4. The first kappa shape index (κ1) is 24.9. The third kappa shape index (κ3) is 4.67. The number of hydrogen-bond donors (Lipinski definition) is 0. The quantitative estimate of drug-likeness (QED) is 0.169. The Kier molecular flexibility index (Phi) is 6.77. The van der Waals surface area contributed by atoms with Crippen LogP contribution in [0.25, 0.3) is 0 Å². The Balaban J connectivity index is 1.43.